The van der Waals surface area contributed by atoms with Crippen LogP contribution in [-0.4, -0.2) is 11.1 Å². The Kier molecular flexibility index (Phi) is 6.64. The van der Waals surface area contributed by atoms with Gasteiger partial charge in [0.05, 0.1) is 0 Å². The molecule has 0 saturated carbocycles. The highest BCUT2D eigenvalue weighted by atomic mass is 16.5. The lowest BCUT2D eigenvalue weighted by molar-refractivity contribution is -0.132. The molecule has 29 heavy (non-hydrogen) atoms. The van der Waals surface area contributed by atoms with Crippen molar-refractivity contribution in [1.29, 1.82) is 5.26 Å². The van der Waals surface area contributed by atoms with Crippen molar-refractivity contribution in [2.24, 2.45) is 0 Å². The highest BCUT2D eigenvalue weighted by molar-refractivity contribution is 5.96. The van der Waals surface area contributed by atoms with E-state index in [9.17, 15) is 4.79 Å². The molecule has 0 spiro atoms. The van der Waals surface area contributed by atoms with Crippen molar-refractivity contribution in [3.05, 3.63) is 101 Å². The SMILES string of the molecule is N#C/C(=C\c1ccc(OCc2ccccc2)cc1OCc1ccccc1)C(=O)O. The van der Waals surface area contributed by atoms with Crippen LogP contribution < -0.4 is 9.47 Å². The molecule has 0 heterocycles. The Labute approximate surface area is 169 Å². The fourth-order valence-electron chi connectivity index (χ4n) is 2.62. The zero-order valence-corrected chi connectivity index (χ0v) is 15.6. The molecule has 5 nitrogen and oxygen atoms in total. The van der Waals surface area contributed by atoms with Crippen molar-refractivity contribution >= 4 is 12.0 Å². The van der Waals surface area contributed by atoms with Gasteiger partial charge in [0.25, 0.3) is 0 Å². The minimum Gasteiger partial charge on any atom is -0.489 e. The molecule has 144 valence electrons. The molecular weight excluding hydrogens is 366 g/mol. The zero-order valence-electron chi connectivity index (χ0n) is 15.6. The first-order valence-electron chi connectivity index (χ1n) is 8.98. The van der Waals surface area contributed by atoms with E-state index in [1.807, 2.05) is 60.7 Å². The maximum atomic E-state index is 11.2. The second kappa shape index (κ2) is 9.77. The lowest BCUT2D eigenvalue weighted by atomic mass is 10.1. The molecule has 0 radical (unpaired) electrons. The van der Waals surface area contributed by atoms with Gasteiger partial charge >= 0.3 is 5.97 Å². The van der Waals surface area contributed by atoms with Gasteiger partial charge in [-0.15, -0.1) is 0 Å². The van der Waals surface area contributed by atoms with E-state index in [1.54, 1.807) is 24.3 Å². The molecule has 3 aromatic rings. The Bertz CT molecular complexity index is 1040. The zero-order chi connectivity index (χ0) is 20.5. The second-order valence-electron chi connectivity index (χ2n) is 6.22. The number of carboxylic acid groups (broad SMARTS) is 1. The van der Waals surface area contributed by atoms with E-state index < -0.39 is 5.97 Å². The summed E-state index contributed by atoms with van der Waals surface area (Å²) in [5.74, 6) is -0.262. The van der Waals surface area contributed by atoms with Gasteiger partial charge in [-0.3, -0.25) is 0 Å². The molecule has 0 unspecified atom stereocenters. The lowest BCUT2D eigenvalue weighted by Crippen LogP contribution is -2.01. The molecule has 0 aliphatic heterocycles. The Balaban J connectivity index is 1.84. The van der Waals surface area contributed by atoms with Crippen LogP contribution in [-0.2, 0) is 18.0 Å². The van der Waals surface area contributed by atoms with Crippen LogP contribution in [0.2, 0.25) is 0 Å². The maximum Gasteiger partial charge on any atom is 0.346 e. The van der Waals surface area contributed by atoms with Crippen molar-refractivity contribution in [2.75, 3.05) is 0 Å². The van der Waals surface area contributed by atoms with Crippen LogP contribution in [0.3, 0.4) is 0 Å². The molecule has 0 amide bonds. The summed E-state index contributed by atoms with van der Waals surface area (Å²) < 4.78 is 11.8. The quantitative estimate of drug-likeness (QED) is 0.443. The highest BCUT2D eigenvalue weighted by Crippen LogP contribution is 2.28. The summed E-state index contributed by atoms with van der Waals surface area (Å²) in [6.45, 7) is 0.700. The molecule has 3 rings (SSSR count). The van der Waals surface area contributed by atoms with E-state index in [2.05, 4.69) is 0 Å². The van der Waals surface area contributed by atoms with Gasteiger partial charge < -0.3 is 14.6 Å². The summed E-state index contributed by atoms with van der Waals surface area (Å²) in [7, 11) is 0. The van der Waals surface area contributed by atoms with Gasteiger partial charge in [-0.1, -0.05) is 60.7 Å². The molecule has 5 heteroatoms. The summed E-state index contributed by atoms with van der Waals surface area (Å²) in [5, 5.41) is 18.2. The van der Waals surface area contributed by atoms with Crippen LogP contribution in [0, 0.1) is 11.3 Å². The summed E-state index contributed by atoms with van der Waals surface area (Å²) in [5.41, 5.74) is 2.12. The van der Waals surface area contributed by atoms with E-state index in [-0.39, 0.29) is 5.57 Å². The minimum atomic E-state index is -1.29. The number of hydrogen-bond donors (Lipinski definition) is 1. The molecule has 0 atom stereocenters. The molecule has 0 bridgehead atoms. The third kappa shape index (κ3) is 5.72. The smallest absolute Gasteiger partial charge is 0.346 e. The molecule has 0 saturated heterocycles. The van der Waals surface area contributed by atoms with Crippen LogP contribution in [0.5, 0.6) is 11.5 Å². The van der Waals surface area contributed by atoms with Crippen molar-refractivity contribution in [3.63, 3.8) is 0 Å². The predicted octanol–water partition coefficient (Wildman–Crippen LogP) is 4.84. The normalized spacial score (nSPS) is 10.8. The average Bonchev–Trinajstić information content (AvgIpc) is 2.76. The van der Waals surface area contributed by atoms with E-state index in [0.29, 0.717) is 30.3 Å². The van der Waals surface area contributed by atoms with Gasteiger partial charge in [0.2, 0.25) is 0 Å². The fourth-order valence-corrected chi connectivity index (χ4v) is 2.62. The number of aliphatic carboxylic acids is 1. The van der Waals surface area contributed by atoms with Crippen LogP contribution in [0.25, 0.3) is 6.08 Å². The first-order chi connectivity index (χ1) is 14.2. The van der Waals surface area contributed by atoms with Gasteiger partial charge in [-0.2, -0.15) is 5.26 Å². The number of carbonyl (C=O) groups is 1. The summed E-state index contributed by atoms with van der Waals surface area (Å²) in [6.07, 6.45) is 1.30. The number of nitrogens with zero attached hydrogens (tertiary/aromatic N) is 1. The fraction of sp³-hybridized carbons (Fsp3) is 0.0833. The van der Waals surface area contributed by atoms with Crippen LogP contribution in [0.1, 0.15) is 16.7 Å². The molecule has 0 aliphatic carbocycles. The number of carboxylic acids is 1. The topological polar surface area (TPSA) is 79.5 Å². The highest BCUT2D eigenvalue weighted by Gasteiger charge is 2.11. The summed E-state index contributed by atoms with van der Waals surface area (Å²) in [4.78, 5) is 11.2. The van der Waals surface area contributed by atoms with Gasteiger partial charge in [-0.25, -0.2) is 4.79 Å². The first-order valence-corrected chi connectivity index (χ1v) is 8.98. The van der Waals surface area contributed by atoms with Gasteiger partial charge in [0.1, 0.15) is 36.4 Å². The van der Waals surface area contributed by atoms with Crippen LogP contribution in [0.15, 0.2) is 84.4 Å². The summed E-state index contributed by atoms with van der Waals surface area (Å²) >= 11 is 0. The third-order valence-corrected chi connectivity index (χ3v) is 4.12. The Hall–Kier alpha value is -4.04. The molecule has 3 aromatic carbocycles. The Morgan fingerprint density at radius 2 is 1.48 bits per heavy atom. The predicted molar refractivity (Wildman–Crippen MR) is 109 cm³/mol. The van der Waals surface area contributed by atoms with Crippen LogP contribution >= 0.6 is 0 Å². The summed E-state index contributed by atoms with van der Waals surface area (Å²) in [6, 6.07) is 26.2. The molecule has 0 aliphatic rings. The number of ether oxygens (including phenoxy) is 2. The Morgan fingerprint density at radius 3 is 2.03 bits per heavy atom. The third-order valence-electron chi connectivity index (χ3n) is 4.12. The van der Waals surface area contributed by atoms with E-state index in [0.717, 1.165) is 11.1 Å². The molecule has 1 N–H and O–H groups in total. The molecule has 0 fully saturated rings. The Morgan fingerprint density at radius 1 is 0.897 bits per heavy atom. The largest absolute Gasteiger partial charge is 0.489 e. The van der Waals surface area contributed by atoms with Crippen molar-refractivity contribution < 1.29 is 19.4 Å². The second-order valence-corrected chi connectivity index (χ2v) is 6.22. The van der Waals surface area contributed by atoms with E-state index >= 15 is 0 Å². The standard InChI is InChI=1S/C24H19NO4/c25-15-21(24(26)27)13-20-11-12-22(28-16-18-7-3-1-4-8-18)14-23(20)29-17-19-9-5-2-6-10-19/h1-14H,16-17H2,(H,26,27)/b21-13+. The number of benzene rings is 3. The number of hydrogen-bond acceptors (Lipinski definition) is 4. The van der Waals surface area contributed by atoms with Crippen molar-refractivity contribution in [3.8, 4) is 17.6 Å². The molecule has 0 aromatic heterocycles. The monoisotopic (exact) mass is 385 g/mol. The van der Waals surface area contributed by atoms with Gasteiger partial charge in [-0.05, 0) is 29.3 Å². The van der Waals surface area contributed by atoms with Gasteiger partial charge in [0.15, 0.2) is 0 Å². The van der Waals surface area contributed by atoms with E-state index in [1.165, 1.54) is 6.08 Å². The number of rotatable bonds is 8. The van der Waals surface area contributed by atoms with Crippen molar-refractivity contribution in [1.82, 2.24) is 0 Å². The minimum absolute atomic E-state index is 0.304. The first kappa shape index (κ1) is 19.7. The van der Waals surface area contributed by atoms with Gasteiger partial charge in [0, 0.05) is 11.6 Å². The van der Waals surface area contributed by atoms with Crippen LogP contribution in [0.4, 0.5) is 0 Å². The number of nitriles is 1. The van der Waals surface area contributed by atoms with E-state index in [4.69, 9.17) is 19.8 Å². The average molecular weight is 385 g/mol. The maximum absolute atomic E-state index is 11.2. The lowest BCUT2D eigenvalue weighted by Gasteiger charge is -2.13. The van der Waals surface area contributed by atoms with Crippen molar-refractivity contribution in [2.45, 2.75) is 13.2 Å². The molecular formula is C24H19NO4.